The quantitative estimate of drug-likeness (QED) is 0.325. The predicted molar refractivity (Wildman–Crippen MR) is 77.0 cm³/mol. The standard InChI is InChI=1S/C14H20N2O4/c1-11(2)10-20-14-5-4-13(16(17)18)8-12(14)9-15-6-7-19-3/h4-5,8,15H,1,6-7,9-10H2,2-3H3. The van der Waals surface area contributed by atoms with E-state index in [0.29, 0.717) is 32.1 Å². The van der Waals surface area contributed by atoms with Crippen LogP contribution in [0.2, 0.25) is 0 Å². The summed E-state index contributed by atoms with van der Waals surface area (Å²) in [6.45, 7) is 7.75. The third-order valence-corrected chi connectivity index (χ3v) is 2.53. The van der Waals surface area contributed by atoms with Crippen LogP contribution in [0.1, 0.15) is 12.5 Å². The highest BCUT2D eigenvalue weighted by molar-refractivity contribution is 5.44. The van der Waals surface area contributed by atoms with E-state index >= 15 is 0 Å². The van der Waals surface area contributed by atoms with Crippen molar-refractivity contribution < 1.29 is 14.4 Å². The molecule has 0 aliphatic heterocycles. The highest BCUT2D eigenvalue weighted by Gasteiger charge is 2.11. The first kappa shape index (κ1) is 16.1. The first-order valence-corrected chi connectivity index (χ1v) is 6.28. The van der Waals surface area contributed by atoms with E-state index in [1.54, 1.807) is 13.2 Å². The third kappa shape index (κ3) is 5.38. The molecular formula is C14H20N2O4. The number of hydrogen-bond donors (Lipinski definition) is 1. The van der Waals surface area contributed by atoms with Crippen molar-refractivity contribution in [3.05, 3.63) is 46.0 Å². The fourth-order valence-corrected chi connectivity index (χ4v) is 1.56. The summed E-state index contributed by atoms with van der Waals surface area (Å²) in [6.07, 6.45) is 0. The van der Waals surface area contributed by atoms with Gasteiger partial charge in [-0.1, -0.05) is 6.58 Å². The lowest BCUT2D eigenvalue weighted by molar-refractivity contribution is -0.384. The number of nitro benzene ring substituents is 1. The Morgan fingerprint density at radius 1 is 1.50 bits per heavy atom. The second-order valence-corrected chi connectivity index (χ2v) is 4.46. The molecule has 0 bridgehead atoms. The Hall–Kier alpha value is -1.92. The zero-order valence-electron chi connectivity index (χ0n) is 11.8. The van der Waals surface area contributed by atoms with Crippen molar-refractivity contribution in [3.8, 4) is 5.75 Å². The molecule has 0 saturated carbocycles. The van der Waals surface area contributed by atoms with E-state index in [1.165, 1.54) is 12.1 Å². The highest BCUT2D eigenvalue weighted by atomic mass is 16.6. The number of benzene rings is 1. The maximum atomic E-state index is 10.8. The molecule has 0 radical (unpaired) electrons. The number of methoxy groups -OCH3 is 1. The summed E-state index contributed by atoms with van der Waals surface area (Å²) < 4.78 is 10.5. The van der Waals surface area contributed by atoms with Crippen molar-refractivity contribution in [3.63, 3.8) is 0 Å². The molecule has 0 aromatic heterocycles. The van der Waals surface area contributed by atoms with Gasteiger partial charge in [-0.2, -0.15) is 0 Å². The molecular weight excluding hydrogens is 260 g/mol. The zero-order chi connectivity index (χ0) is 15.0. The van der Waals surface area contributed by atoms with Gasteiger partial charge in [-0.05, 0) is 18.6 Å². The lowest BCUT2D eigenvalue weighted by Crippen LogP contribution is -2.19. The molecule has 0 amide bonds. The Morgan fingerprint density at radius 2 is 2.25 bits per heavy atom. The van der Waals surface area contributed by atoms with Crippen LogP contribution in [0.25, 0.3) is 0 Å². The van der Waals surface area contributed by atoms with E-state index < -0.39 is 4.92 Å². The van der Waals surface area contributed by atoms with Gasteiger partial charge in [0.2, 0.25) is 0 Å². The van der Waals surface area contributed by atoms with Crippen LogP contribution in [-0.4, -0.2) is 31.8 Å². The zero-order valence-corrected chi connectivity index (χ0v) is 11.8. The molecule has 1 aromatic rings. The highest BCUT2D eigenvalue weighted by Crippen LogP contribution is 2.24. The molecule has 6 nitrogen and oxygen atoms in total. The van der Waals surface area contributed by atoms with E-state index in [2.05, 4.69) is 11.9 Å². The number of nitrogens with one attached hydrogen (secondary N) is 1. The van der Waals surface area contributed by atoms with Gasteiger partial charge in [0, 0.05) is 37.9 Å². The van der Waals surface area contributed by atoms with Crippen molar-refractivity contribution in [2.24, 2.45) is 0 Å². The summed E-state index contributed by atoms with van der Waals surface area (Å²) in [5.74, 6) is 0.628. The van der Waals surface area contributed by atoms with Crippen LogP contribution in [-0.2, 0) is 11.3 Å². The summed E-state index contributed by atoms with van der Waals surface area (Å²) >= 11 is 0. The molecule has 1 aromatic carbocycles. The Bertz CT molecular complexity index is 474. The Morgan fingerprint density at radius 3 is 2.85 bits per heavy atom. The molecule has 0 aliphatic carbocycles. The van der Waals surface area contributed by atoms with Gasteiger partial charge in [0.05, 0.1) is 11.5 Å². The molecule has 1 N–H and O–H groups in total. The fraction of sp³-hybridized carbons (Fsp3) is 0.429. The topological polar surface area (TPSA) is 73.6 Å². The first-order valence-electron chi connectivity index (χ1n) is 6.28. The normalized spacial score (nSPS) is 10.3. The summed E-state index contributed by atoms with van der Waals surface area (Å²) in [6, 6.07) is 4.58. The number of nitrogens with zero attached hydrogens (tertiary/aromatic N) is 1. The largest absolute Gasteiger partial charge is 0.489 e. The smallest absolute Gasteiger partial charge is 0.270 e. The van der Waals surface area contributed by atoms with Gasteiger partial charge < -0.3 is 14.8 Å². The van der Waals surface area contributed by atoms with Crippen LogP contribution in [0.15, 0.2) is 30.4 Å². The molecule has 0 heterocycles. The number of rotatable bonds is 9. The maximum Gasteiger partial charge on any atom is 0.270 e. The SMILES string of the molecule is C=C(C)COc1ccc([N+](=O)[O-])cc1CNCCOC. The van der Waals surface area contributed by atoms with Crippen LogP contribution in [0.4, 0.5) is 5.69 Å². The average molecular weight is 280 g/mol. The van der Waals surface area contributed by atoms with Crippen LogP contribution < -0.4 is 10.1 Å². The monoisotopic (exact) mass is 280 g/mol. The predicted octanol–water partition coefficient (Wildman–Crippen LogP) is 2.29. The lowest BCUT2D eigenvalue weighted by Gasteiger charge is -2.12. The Labute approximate surface area is 118 Å². The Kier molecular flexibility index (Phi) is 6.69. The van der Waals surface area contributed by atoms with Crippen molar-refractivity contribution >= 4 is 5.69 Å². The molecule has 6 heteroatoms. The summed E-state index contributed by atoms with van der Waals surface area (Å²) in [7, 11) is 1.62. The molecule has 1 rings (SSSR count). The Balaban J connectivity index is 2.79. The van der Waals surface area contributed by atoms with E-state index in [-0.39, 0.29) is 5.69 Å². The molecule has 20 heavy (non-hydrogen) atoms. The van der Waals surface area contributed by atoms with Crippen molar-refractivity contribution in [1.29, 1.82) is 0 Å². The van der Waals surface area contributed by atoms with Crippen LogP contribution in [0, 0.1) is 10.1 Å². The van der Waals surface area contributed by atoms with Gasteiger partial charge in [-0.3, -0.25) is 10.1 Å². The van der Waals surface area contributed by atoms with Crippen LogP contribution in [0.5, 0.6) is 5.75 Å². The number of non-ortho nitro benzene ring substituents is 1. The molecule has 0 atom stereocenters. The maximum absolute atomic E-state index is 10.8. The first-order chi connectivity index (χ1) is 9.54. The molecule has 110 valence electrons. The van der Waals surface area contributed by atoms with Crippen molar-refractivity contribution in [2.45, 2.75) is 13.5 Å². The van der Waals surface area contributed by atoms with Crippen molar-refractivity contribution in [1.82, 2.24) is 5.32 Å². The average Bonchev–Trinajstić information content (AvgIpc) is 2.41. The molecule has 0 spiro atoms. The molecule has 0 fully saturated rings. The number of nitro groups is 1. The lowest BCUT2D eigenvalue weighted by atomic mass is 10.1. The molecule has 0 saturated heterocycles. The minimum absolute atomic E-state index is 0.0521. The van der Waals surface area contributed by atoms with E-state index in [9.17, 15) is 10.1 Å². The van der Waals surface area contributed by atoms with Gasteiger partial charge in [0.25, 0.3) is 5.69 Å². The summed E-state index contributed by atoms with van der Waals surface area (Å²) in [4.78, 5) is 10.4. The summed E-state index contributed by atoms with van der Waals surface area (Å²) in [5, 5.41) is 14.0. The van der Waals surface area contributed by atoms with E-state index in [1.807, 2.05) is 6.92 Å². The number of ether oxygens (including phenoxy) is 2. The molecule has 0 aliphatic rings. The fourth-order valence-electron chi connectivity index (χ4n) is 1.56. The third-order valence-electron chi connectivity index (χ3n) is 2.53. The van der Waals surface area contributed by atoms with Crippen molar-refractivity contribution in [2.75, 3.05) is 26.9 Å². The number of hydrogen-bond acceptors (Lipinski definition) is 5. The van der Waals surface area contributed by atoms with E-state index in [0.717, 1.165) is 11.1 Å². The minimum atomic E-state index is -0.415. The second-order valence-electron chi connectivity index (χ2n) is 4.46. The van der Waals surface area contributed by atoms with Gasteiger partial charge in [-0.25, -0.2) is 0 Å². The van der Waals surface area contributed by atoms with Gasteiger partial charge in [-0.15, -0.1) is 0 Å². The van der Waals surface area contributed by atoms with Gasteiger partial charge in [0.15, 0.2) is 0 Å². The van der Waals surface area contributed by atoms with Gasteiger partial charge >= 0.3 is 0 Å². The van der Waals surface area contributed by atoms with E-state index in [4.69, 9.17) is 9.47 Å². The summed E-state index contributed by atoms with van der Waals surface area (Å²) in [5.41, 5.74) is 1.69. The van der Waals surface area contributed by atoms with Crippen LogP contribution >= 0.6 is 0 Å². The molecule has 0 unspecified atom stereocenters. The second kappa shape index (κ2) is 8.29. The van der Waals surface area contributed by atoms with Crippen LogP contribution in [0.3, 0.4) is 0 Å². The minimum Gasteiger partial charge on any atom is -0.489 e. The van der Waals surface area contributed by atoms with Gasteiger partial charge in [0.1, 0.15) is 12.4 Å².